The zero-order valence-corrected chi connectivity index (χ0v) is 9.80. The van der Waals surface area contributed by atoms with Gasteiger partial charge in [0, 0.05) is 17.3 Å². The summed E-state index contributed by atoms with van der Waals surface area (Å²) in [6, 6.07) is 3.85. The van der Waals surface area contributed by atoms with Crippen molar-refractivity contribution in [3.8, 4) is 0 Å². The second-order valence-corrected chi connectivity index (χ2v) is 4.57. The number of carbonyl (C=O) groups is 1. The molecule has 0 radical (unpaired) electrons. The van der Waals surface area contributed by atoms with E-state index in [9.17, 15) is 4.79 Å². The highest BCUT2D eigenvalue weighted by Crippen LogP contribution is 2.08. The zero-order chi connectivity index (χ0) is 11.4. The van der Waals surface area contributed by atoms with E-state index >= 15 is 0 Å². The molecule has 2 aromatic rings. The van der Waals surface area contributed by atoms with Crippen LogP contribution in [0.4, 0.5) is 0 Å². The van der Waals surface area contributed by atoms with Crippen molar-refractivity contribution in [2.75, 3.05) is 0 Å². The number of carbonyl (C=O) groups excluding carboxylic acids is 1. The van der Waals surface area contributed by atoms with Crippen LogP contribution in [-0.2, 0) is 17.8 Å². The molecule has 16 heavy (non-hydrogen) atoms. The van der Waals surface area contributed by atoms with Crippen molar-refractivity contribution in [3.63, 3.8) is 0 Å². The van der Waals surface area contributed by atoms with Gasteiger partial charge in [0.2, 0.25) is 5.91 Å². The monoisotopic (exact) mass is 235 g/mol. The molecule has 0 fully saturated rings. The number of aryl methyl sites for hydroxylation is 1. The molecule has 0 saturated carbocycles. The van der Waals surface area contributed by atoms with Gasteiger partial charge in [-0.05, 0) is 19.1 Å². The Hall–Kier alpha value is -1.62. The van der Waals surface area contributed by atoms with Gasteiger partial charge < -0.3 is 10.3 Å². The molecule has 5 heteroatoms. The van der Waals surface area contributed by atoms with E-state index in [1.807, 2.05) is 30.6 Å². The molecule has 4 nitrogen and oxygen atoms in total. The van der Waals surface area contributed by atoms with Crippen LogP contribution in [-0.4, -0.2) is 15.9 Å². The van der Waals surface area contributed by atoms with Crippen molar-refractivity contribution in [2.24, 2.45) is 0 Å². The average molecular weight is 235 g/mol. The highest BCUT2D eigenvalue weighted by atomic mass is 32.1. The summed E-state index contributed by atoms with van der Waals surface area (Å²) in [7, 11) is 0. The molecule has 0 aliphatic heterocycles. The van der Waals surface area contributed by atoms with Gasteiger partial charge in [0.05, 0.1) is 23.7 Å². The van der Waals surface area contributed by atoms with Crippen molar-refractivity contribution >= 4 is 17.2 Å². The summed E-state index contributed by atoms with van der Waals surface area (Å²) in [5, 5.41) is 5.75. The molecule has 2 N–H and O–H groups in total. The van der Waals surface area contributed by atoms with Crippen LogP contribution < -0.4 is 5.32 Å². The second-order valence-electron chi connectivity index (χ2n) is 3.51. The maximum Gasteiger partial charge on any atom is 0.226 e. The van der Waals surface area contributed by atoms with Gasteiger partial charge >= 0.3 is 0 Å². The van der Waals surface area contributed by atoms with Crippen LogP contribution in [0.5, 0.6) is 0 Å². The Kier molecular flexibility index (Phi) is 3.36. The summed E-state index contributed by atoms with van der Waals surface area (Å²) >= 11 is 1.56. The fraction of sp³-hybridized carbons (Fsp3) is 0.273. The van der Waals surface area contributed by atoms with E-state index in [4.69, 9.17) is 0 Å². The SMILES string of the molecule is Cc1nc(CC(=O)NCc2ccc[nH]2)cs1. The first-order valence-corrected chi connectivity index (χ1v) is 5.92. The first-order valence-electron chi connectivity index (χ1n) is 5.04. The van der Waals surface area contributed by atoms with Crippen molar-refractivity contribution in [1.82, 2.24) is 15.3 Å². The van der Waals surface area contributed by atoms with Gasteiger partial charge in [-0.3, -0.25) is 4.79 Å². The lowest BCUT2D eigenvalue weighted by Crippen LogP contribution is -2.24. The van der Waals surface area contributed by atoms with E-state index in [1.165, 1.54) is 0 Å². The molecule has 2 rings (SSSR count). The maximum absolute atomic E-state index is 11.6. The third-order valence-electron chi connectivity index (χ3n) is 2.15. The first kappa shape index (κ1) is 10.9. The van der Waals surface area contributed by atoms with Crippen molar-refractivity contribution < 1.29 is 4.79 Å². The maximum atomic E-state index is 11.6. The third kappa shape index (κ3) is 2.93. The van der Waals surface area contributed by atoms with E-state index in [1.54, 1.807) is 11.3 Å². The molecule has 0 aromatic carbocycles. The smallest absolute Gasteiger partial charge is 0.226 e. The number of aromatic nitrogens is 2. The summed E-state index contributed by atoms with van der Waals surface area (Å²) in [6.45, 7) is 2.47. The van der Waals surface area contributed by atoms with E-state index < -0.39 is 0 Å². The quantitative estimate of drug-likeness (QED) is 0.846. The predicted molar refractivity (Wildman–Crippen MR) is 63.2 cm³/mol. The van der Waals surface area contributed by atoms with Gasteiger partial charge in [0.1, 0.15) is 0 Å². The van der Waals surface area contributed by atoms with Crippen LogP contribution >= 0.6 is 11.3 Å². The van der Waals surface area contributed by atoms with Gasteiger partial charge in [-0.1, -0.05) is 0 Å². The predicted octanol–water partition coefficient (Wildman–Crippen LogP) is 1.64. The largest absolute Gasteiger partial charge is 0.364 e. The van der Waals surface area contributed by atoms with Gasteiger partial charge in [-0.2, -0.15) is 0 Å². The summed E-state index contributed by atoms with van der Waals surface area (Å²) in [4.78, 5) is 18.8. The Bertz CT molecular complexity index is 461. The Morgan fingerprint density at radius 2 is 2.50 bits per heavy atom. The second kappa shape index (κ2) is 4.94. The van der Waals surface area contributed by atoms with E-state index in [0.717, 1.165) is 16.4 Å². The molecule has 0 unspecified atom stereocenters. The minimum absolute atomic E-state index is 0.0000926. The number of H-pyrrole nitrogens is 1. The summed E-state index contributed by atoms with van der Waals surface area (Å²) in [6.07, 6.45) is 2.19. The summed E-state index contributed by atoms with van der Waals surface area (Å²) < 4.78 is 0. The van der Waals surface area contributed by atoms with Gasteiger partial charge in [0.25, 0.3) is 0 Å². The number of amides is 1. The molecular weight excluding hydrogens is 222 g/mol. The first-order chi connectivity index (χ1) is 7.74. The molecule has 2 aromatic heterocycles. The fourth-order valence-corrected chi connectivity index (χ4v) is 2.00. The van der Waals surface area contributed by atoms with Crippen LogP contribution in [0.3, 0.4) is 0 Å². The van der Waals surface area contributed by atoms with Crippen LogP contribution in [0.2, 0.25) is 0 Å². The van der Waals surface area contributed by atoms with Crippen molar-refractivity contribution in [1.29, 1.82) is 0 Å². The molecule has 84 valence electrons. The molecule has 0 spiro atoms. The topological polar surface area (TPSA) is 57.8 Å². The number of nitrogens with zero attached hydrogens (tertiary/aromatic N) is 1. The normalized spacial score (nSPS) is 10.3. The van der Waals surface area contributed by atoms with Crippen LogP contribution in [0.1, 0.15) is 16.4 Å². The van der Waals surface area contributed by atoms with Crippen LogP contribution in [0, 0.1) is 6.92 Å². The number of thiazole rings is 1. The fourth-order valence-electron chi connectivity index (χ4n) is 1.39. The summed E-state index contributed by atoms with van der Waals surface area (Å²) in [5.41, 5.74) is 1.84. The Morgan fingerprint density at radius 1 is 1.62 bits per heavy atom. The number of hydrogen-bond donors (Lipinski definition) is 2. The molecule has 0 aliphatic rings. The average Bonchev–Trinajstić information content (AvgIpc) is 2.87. The molecule has 0 saturated heterocycles. The minimum Gasteiger partial charge on any atom is -0.364 e. The van der Waals surface area contributed by atoms with Crippen molar-refractivity contribution in [2.45, 2.75) is 19.9 Å². The van der Waals surface area contributed by atoms with E-state index in [-0.39, 0.29) is 5.91 Å². The lowest BCUT2D eigenvalue weighted by molar-refractivity contribution is -0.120. The Morgan fingerprint density at radius 3 is 3.12 bits per heavy atom. The van der Waals surface area contributed by atoms with Gasteiger partial charge in [-0.15, -0.1) is 11.3 Å². The number of nitrogens with one attached hydrogen (secondary N) is 2. The van der Waals surface area contributed by atoms with Crippen molar-refractivity contribution in [3.05, 3.63) is 40.1 Å². The molecule has 0 bridgehead atoms. The zero-order valence-electron chi connectivity index (χ0n) is 8.99. The molecular formula is C11H13N3OS. The Balaban J connectivity index is 1.81. The molecule has 1 amide bonds. The number of hydrogen-bond acceptors (Lipinski definition) is 3. The third-order valence-corrected chi connectivity index (χ3v) is 2.97. The lowest BCUT2D eigenvalue weighted by Gasteiger charge is -2.01. The highest BCUT2D eigenvalue weighted by molar-refractivity contribution is 7.09. The minimum atomic E-state index is -0.0000926. The molecule has 0 atom stereocenters. The summed E-state index contributed by atoms with van der Waals surface area (Å²) in [5.74, 6) is -0.0000926. The number of rotatable bonds is 4. The highest BCUT2D eigenvalue weighted by Gasteiger charge is 2.05. The van der Waals surface area contributed by atoms with E-state index in [2.05, 4.69) is 15.3 Å². The standard InChI is InChI=1S/C11H13N3OS/c1-8-14-10(7-16-8)5-11(15)13-6-9-3-2-4-12-9/h2-4,7,12H,5-6H2,1H3,(H,13,15). The van der Waals surface area contributed by atoms with Crippen LogP contribution in [0.25, 0.3) is 0 Å². The van der Waals surface area contributed by atoms with Gasteiger partial charge in [-0.25, -0.2) is 4.98 Å². The molecule has 0 aliphatic carbocycles. The number of aromatic amines is 1. The Labute approximate surface area is 97.7 Å². The van der Waals surface area contributed by atoms with Gasteiger partial charge in [0.15, 0.2) is 0 Å². The lowest BCUT2D eigenvalue weighted by atomic mass is 10.3. The van der Waals surface area contributed by atoms with E-state index in [0.29, 0.717) is 13.0 Å². The molecule has 2 heterocycles. The van der Waals surface area contributed by atoms with Crippen LogP contribution in [0.15, 0.2) is 23.7 Å².